The molecule has 0 saturated heterocycles. The Hall–Kier alpha value is -2.07. The van der Waals surface area contributed by atoms with Gasteiger partial charge >= 0.3 is 6.18 Å². The smallest absolute Gasteiger partial charge is 0.369 e. The maximum Gasteiger partial charge on any atom is 0.429 e. The quantitative estimate of drug-likeness (QED) is 0.662. The van der Waals surface area contributed by atoms with Crippen LogP contribution in [0.3, 0.4) is 0 Å². The Balaban J connectivity index is 3.46. The van der Waals surface area contributed by atoms with Gasteiger partial charge in [0.2, 0.25) is 0 Å². The van der Waals surface area contributed by atoms with E-state index in [2.05, 4.69) is 18.1 Å². The maximum absolute atomic E-state index is 13.0. The molecule has 1 heterocycles. The lowest BCUT2D eigenvalue weighted by Crippen LogP contribution is -2.45. The van der Waals surface area contributed by atoms with Crippen LogP contribution in [-0.2, 0) is 12.1 Å². The molecule has 0 aliphatic heterocycles. The van der Waals surface area contributed by atoms with Crippen molar-refractivity contribution in [1.29, 1.82) is 5.26 Å². The van der Waals surface area contributed by atoms with Gasteiger partial charge in [-0.1, -0.05) is 12.7 Å². The highest BCUT2D eigenvalue weighted by Gasteiger charge is 2.60. The fraction of sp³-hybridized carbons (Fsp3) is 0.273. The molecule has 0 aromatic carbocycles. The summed E-state index contributed by atoms with van der Waals surface area (Å²) in [5.74, 6) is -0.707. The largest absolute Gasteiger partial charge is 0.429 e. The molecule has 1 atom stereocenters. The summed E-state index contributed by atoms with van der Waals surface area (Å²) in [5, 5.41) is 18.4. The molecule has 0 saturated carbocycles. The van der Waals surface area contributed by atoms with E-state index in [-0.39, 0.29) is 6.54 Å². The molecule has 0 fully saturated rings. The number of hydrogen-bond acceptors (Lipinski definition) is 3. The number of nitrogens with zero attached hydrogens (tertiary/aromatic N) is 3. The Kier molecular flexibility index (Phi) is 3.62. The zero-order valence-electron chi connectivity index (χ0n) is 9.28. The first-order valence-corrected chi connectivity index (χ1v) is 4.80. The Morgan fingerprint density at radius 3 is 2.67 bits per heavy atom. The molecule has 7 heteroatoms. The Labute approximate surface area is 101 Å². The number of nitriles is 1. The van der Waals surface area contributed by atoms with E-state index < -0.39 is 23.2 Å². The van der Waals surface area contributed by atoms with Gasteiger partial charge in [-0.25, -0.2) is 4.98 Å². The number of hydrogen-bond donors (Lipinski definition) is 1. The second kappa shape index (κ2) is 4.66. The molecular weight excluding hydrogens is 247 g/mol. The predicted octanol–water partition coefficient (Wildman–Crippen LogP) is 1.90. The minimum atomic E-state index is -5.09. The van der Waals surface area contributed by atoms with Crippen LogP contribution in [0.2, 0.25) is 0 Å². The molecule has 0 spiro atoms. The molecule has 0 unspecified atom stereocenters. The number of halogens is 3. The normalized spacial score (nSPS) is 14.6. The second-order valence-corrected chi connectivity index (χ2v) is 3.49. The summed E-state index contributed by atoms with van der Waals surface area (Å²) in [6.07, 6.45) is -1.40. The van der Waals surface area contributed by atoms with Gasteiger partial charge in [-0.05, 0) is 0 Å². The fourth-order valence-electron chi connectivity index (χ4n) is 1.43. The summed E-state index contributed by atoms with van der Waals surface area (Å²) in [5.41, 5.74) is -4.53. The highest BCUT2D eigenvalue weighted by atomic mass is 19.4. The van der Waals surface area contributed by atoms with E-state index in [1.165, 1.54) is 18.3 Å². The lowest BCUT2D eigenvalue weighted by molar-refractivity contribution is -0.251. The first-order chi connectivity index (χ1) is 8.29. The van der Waals surface area contributed by atoms with Gasteiger partial charge in [-0.3, -0.25) is 0 Å². The van der Waals surface area contributed by atoms with Crippen LogP contribution in [0.1, 0.15) is 5.82 Å². The van der Waals surface area contributed by atoms with Crippen LogP contribution in [-0.4, -0.2) is 20.8 Å². The number of aliphatic hydroxyl groups is 1. The van der Waals surface area contributed by atoms with Gasteiger partial charge in [0.25, 0.3) is 5.60 Å². The van der Waals surface area contributed by atoms with Gasteiger partial charge in [-0.15, -0.1) is 6.58 Å². The zero-order valence-corrected chi connectivity index (χ0v) is 9.28. The van der Waals surface area contributed by atoms with Crippen molar-refractivity contribution in [3.8, 4) is 6.07 Å². The molecule has 0 aliphatic carbocycles. The topological polar surface area (TPSA) is 61.8 Å². The van der Waals surface area contributed by atoms with E-state index in [0.29, 0.717) is 0 Å². The van der Waals surface area contributed by atoms with E-state index in [0.717, 1.165) is 10.8 Å². The van der Waals surface area contributed by atoms with Crippen molar-refractivity contribution in [2.75, 3.05) is 0 Å². The fourth-order valence-corrected chi connectivity index (χ4v) is 1.43. The SMILES string of the molecule is C=CCn1ccnc1[C@](O)(C(=C)C#N)C(F)(F)F. The van der Waals surface area contributed by atoms with Crippen molar-refractivity contribution in [2.45, 2.75) is 18.3 Å². The van der Waals surface area contributed by atoms with E-state index in [4.69, 9.17) is 5.26 Å². The van der Waals surface area contributed by atoms with E-state index in [1.54, 1.807) is 0 Å². The summed E-state index contributed by atoms with van der Waals surface area (Å²) >= 11 is 0. The zero-order chi connectivity index (χ0) is 14.0. The van der Waals surface area contributed by atoms with Crippen molar-refractivity contribution in [3.63, 3.8) is 0 Å². The van der Waals surface area contributed by atoms with Crippen LogP contribution in [0.5, 0.6) is 0 Å². The average Bonchev–Trinajstić information content (AvgIpc) is 2.74. The highest BCUT2D eigenvalue weighted by Crippen LogP contribution is 2.42. The highest BCUT2D eigenvalue weighted by molar-refractivity contribution is 5.35. The van der Waals surface area contributed by atoms with Crippen molar-refractivity contribution < 1.29 is 18.3 Å². The standard InChI is InChI=1S/C11H10F3N3O/c1-3-5-17-6-4-16-9(17)10(18,8(2)7-15)11(12,13)14/h3-4,6,18H,1-2,5H2/t10-/m1/s1. The molecule has 0 bridgehead atoms. The van der Waals surface area contributed by atoms with E-state index >= 15 is 0 Å². The number of imidazole rings is 1. The van der Waals surface area contributed by atoms with Crippen molar-refractivity contribution >= 4 is 0 Å². The van der Waals surface area contributed by atoms with Crippen molar-refractivity contribution in [3.05, 3.63) is 43.0 Å². The molecular formula is C11H10F3N3O. The lowest BCUT2D eigenvalue weighted by Gasteiger charge is -2.29. The predicted molar refractivity (Wildman–Crippen MR) is 57.1 cm³/mol. The molecule has 18 heavy (non-hydrogen) atoms. The molecule has 1 rings (SSSR count). The number of aromatic nitrogens is 2. The molecule has 96 valence electrons. The molecule has 0 amide bonds. The molecule has 4 nitrogen and oxygen atoms in total. The third kappa shape index (κ3) is 2.02. The molecule has 0 radical (unpaired) electrons. The molecule has 1 N–H and O–H groups in total. The van der Waals surface area contributed by atoms with E-state index in [1.807, 2.05) is 0 Å². The third-order valence-electron chi connectivity index (χ3n) is 2.35. The minimum Gasteiger partial charge on any atom is -0.369 e. The minimum absolute atomic E-state index is 0.0203. The summed E-state index contributed by atoms with van der Waals surface area (Å²) in [7, 11) is 0. The Morgan fingerprint density at radius 1 is 1.61 bits per heavy atom. The summed E-state index contributed by atoms with van der Waals surface area (Å²) < 4.78 is 40.0. The Morgan fingerprint density at radius 2 is 2.22 bits per heavy atom. The van der Waals surface area contributed by atoms with Gasteiger partial charge in [0.1, 0.15) is 0 Å². The molecule has 1 aromatic heterocycles. The number of allylic oxidation sites excluding steroid dienone is 1. The van der Waals surface area contributed by atoms with E-state index in [9.17, 15) is 18.3 Å². The van der Waals surface area contributed by atoms with Crippen LogP contribution >= 0.6 is 0 Å². The summed E-state index contributed by atoms with van der Waals surface area (Å²) in [6.45, 7) is 6.37. The maximum atomic E-state index is 13.0. The van der Waals surface area contributed by atoms with Gasteiger partial charge < -0.3 is 9.67 Å². The average molecular weight is 257 g/mol. The van der Waals surface area contributed by atoms with Crippen molar-refractivity contribution in [1.82, 2.24) is 9.55 Å². The first kappa shape index (κ1) is 14.0. The molecule has 1 aromatic rings. The van der Waals surface area contributed by atoms with Gasteiger partial charge in [0.15, 0.2) is 5.82 Å². The third-order valence-corrected chi connectivity index (χ3v) is 2.35. The van der Waals surface area contributed by atoms with Crippen molar-refractivity contribution in [2.24, 2.45) is 0 Å². The number of alkyl halides is 3. The first-order valence-electron chi connectivity index (χ1n) is 4.80. The second-order valence-electron chi connectivity index (χ2n) is 3.49. The van der Waals surface area contributed by atoms with Crippen LogP contribution in [0, 0.1) is 11.3 Å². The lowest BCUT2D eigenvalue weighted by atomic mass is 9.94. The van der Waals surface area contributed by atoms with Gasteiger partial charge in [0.05, 0.1) is 11.6 Å². The number of rotatable bonds is 4. The van der Waals surface area contributed by atoms with Gasteiger partial charge in [0, 0.05) is 18.9 Å². The Bertz CT molecular complexity index is 512. The van der Waals surface area contributed by atoms with Crippen LogP contribution in [0.15, 0.2) is 37.2 Å². The summed E-state index contributed by atoms with van der Waals surface area (Å²) in [6, 6.07) is 1.23. The van der Waals surface area contributed by atoms with Crippen LogP contribution < -0.4 is 0 Å². The monoisotopic (exact) mass is 257 g/mol. The van der Waals surface area contributed by atoms with Gasteiger partial charge in [-0.2, -0.15) is 18.4 Å². The summed E-state index contributed by atoms with van der Waals surface area (Å²) in [4.78, 5) is 3.48. The van der Waals surface area contributed by atoms with Crippen LogP contribution in [0.4, 0.5) is 13.2 Å². The molecule has 0 aliphatic rings. The van der Waals surface area contributed by atoms with Crippen LogP contribution in [0.25, 0.3) is 0 Å².